The number of likely N-dealkylation sites (tertiary alicyclic amines) is 1. The summed E-state index contributed by atoms with van der Waals surface area (Å²) < 4.78 is 16.4. The van der Waals surface area contributed by atoms with Gasteiger partial charge in [-0.15, -0.1) is 0 Å². The summed E-state index contributed by atoms with van der Waals surface area (Å²) in [6, 6.07) is 5.52. The van der Waals surface area contributed by atoms with E-state index in [0.717, 1.165) is 32.5 Å². The van der Waals surface area contributed by atoms with Crippen LogP contribution >= 0.6 is 0 Å². The fourth-order valence-electron chi connectivity index (χ4n) is 2.90. The predicted octanol–water partition coefficient (Wildman–Crippen LogP) is 2.65. The lowest BCUT2D eigenvalue weighted by Crippen LogP contribution is -2.40. The lowest BCUT2D eigenvalue weighted by atomic mass is 10.2. The van der Waals surface area contributed by atoms with Crippen molar-refractivity contribution in [3.63, 3.8) is 0 Å². The van der Waals surface area contributed by atoms with Gasteiger partial charge in [0.05, 0.1) is 13.7 Å². The lowest BCUT2D eigenvalue weighted by Gasteiger charge is -2.22. The number of amides is 1. The number of carbonyl (C=O) groups is 1. The van der Waals surface area contributed by atoms with Crippen LogP contribution in [0.1, 0.15) is 33.6 Å². The Morgan fingerprint density at radius 3 is 2.81 bits per heavy atom. The lowest BCUT2D eigenvalue weighted by molar-refractivity contribution is 0.0505. The highest BCUT2D eigenvalue weighted by Crippen LogP contribution is 2.29. The molecule has 7 nitrogen and oxygen atoms in total. The third-order valence-corrected chi connectivity index (χ3v) is 4.06. The van der Waals surface area contributed by atoms with Gasteiger partial charge in [0, 0.05) is 37.4 Å². The second kappa shape index (κ2) is 8.98. The normalized spacial score (nSPS) is 17.8. The summed E-state index contributed by atoms with van der Waals surface area (Å²) in [6.07, 6.45) is 1.49. The van der Waals surface area contributed by atoms with E-state index in [1.807, 2.05) is 26.8 Å². The number of hydrogen-bond acceptors (Lipinski definition) is 6. The van der Waals surface area contributed by atoms with Gasteiger partial charge in [-0.25, -0.2) is 4.79 Å². The molecular formula is C19H31N3O4. The van der Waals surface area contributed by atoms with Crippen LogP contribution in [0.5, 0.6) is 11.5 Å². The number of nitrogens with one attached hydrogen (secondary N) is 1. The largest absolute Gasteiger partial charge is 0.493 e. The first kappa shape index (κ1) is 20.2. The van der Waals surface area contributed by atoms with Gasteiger partial charge in [0.1, 0.15) is 5.60 Å². The molecule has 1 amide bonds. The monoisotopic (exact) mass is 365 g/mol. The third-order valence-electron chi connectivity index (χ3n) is 4.06. The molecule has 1 atom stereocenters. The molecule has 0 aliphatic carbocycles. The van der Waals surface area contributed by atoms with Crippen molar-refractivity contribution >= 4 is 11.8 Å². The van der Waals surface area contributed by atoms with Crippen LogP contribution in [0.3, 0.4) is 0 Å². The molecule has 0 aromatic heterocycles. The number of anilines is 1. The zero-order chi connectivity index (χ0) is 19.2. The Labute approximate surface area is 155 Å². The summed E-state index contributed by atoms with van der Waals surface area (Å²) in [6.45, 7) is 8.91. The minimum absolute atomic E-state index is 0.142. The molecule has 0 spiro atoms. The van der Waals surface area contributed by atoms with Crippen molar-refractivity contribution in [1.82, 2.24) is 10.2 Å². The maximum Gasteiger partial charge on any atom is 0.407 e. The van der Waals surface area contributed by atoms with E-state index in [4.69, 9.17) is 19.9 Å². The number of benzene rings is 1. The Morgan fingerprint density at radius 2 is 2.12 bits per heavy atom. The second-order valence-electron chi connectivity index (χ2n) is 7.54. The molecule has 1 aromatic rings. The molecule has 1 heterocycles. The van der Waals surface area contributed by atoms with Crippen molar-refractivity contribution in [2.45, 2.75) is 45.3 Å². The maximum absolute atomic E-state index is 11.8. The van der Waals surface area contributed by atoms with Crippen molar-refractivity contribution in [1.29, 1.82) is 0 Å². The number of nitrogen functional groups attached to an aromatic ring is 1. The Morgan fingerprint density at radius 1 is 1.35 bits per heavy atom. The molecule has 0 unspecified atom stereocenters. The quantitative estimate of drug-likeness (QED) is 0.571. The fourth-order valence-corrected chi connectivity index (χ4v) is 2.90. The predicted molar refractivity (Wildman–Crippen MR) is 102 cm³/mol. The fraction of sp³-hybridized carbons (Fsp3) is 0.632. The molecule has 0 saturated carbocycles. The summed E-state index contributed by atoms with van der Waals surface area (Å²) >= 11 is 0. The van der Waals surface area contributed by atoms with E-state index in [-0.39, 0.29) is 12.1 Å². The molecule has 2 rings (SSSR count). The number of rotatable bonds is 7. The topological polar surface area (TPSA) is 86.1 Å². The molecule has 0 bridgehead atoms. The SMILES string of the molecule is COc1cc(N)ccc1OCCCN1CC[C@@H](NC(=O)OC(C)(C)C)C1. The summed E-state index contributed by atoms with van der Waals surface area (Å²) in [7, 11) is 1.60. The molecule has 1 aliphatic rings. The number of hydrogen-bond donors (Lipinski definition) is 2. The summed E-state index contributed by atoms with van der Waals surface area (Å²) in [5, 5.41) is 2.94. The van der Waals surface area contributed by atoms with E-state index < -0.39 is 5.60 Å². The Balaban J connectivity index is 1.66. The molecule has 0 radical (unpaired) electrons. The van der Waals surface area contributed by atoms with Gasteiger partial charge in [0.2, 0.25) is 0 Å². The average Bonchev–Trinajstić information content (AvgIpc) is 2.97. The van der Waals surface area contributed by atoms with Crippen molar-refractivity contribution in [2.24, 2.45) is 0 Å². The van der Waals surface area contributed by atoms with E-state index in [9.17, 15) is 4.79 Å². The van der Waals surface area contributed by atoms with Crippen LogP contribution in [-0.2, 0) is 4.74 Å². The van der Waals surface area contributed by atoms with Gasteiger partial charge >= 0.3 is 6.09 Å². The molecule has 3 N–H and O–H groups in total. The molecule has 1 aliphatic heterocycles. The van der Waals surface area contributed by atoms with Crippen LogP contribution in [0.25, 0.3) is 0 Å². The maximum atomic E-state index is 11.8. The number of ether oxygens (including phenoxy) is 3. The second-order valence-corrected chi connectivity index (χ2v) is 7.54. The number of carbonyl (C=O) groups excluding carboxylic acids is 1. The first-order valence-corrected chi connectivity index (χ1v) is 9.05. The van der Waals surface area contributed by atoms with Crippen LogP contribution in [0.4, 0.5) is 10.5 Å². The van der Waals surface area contributed by atoms with Crippen LogP contribution in [-0.4, -0.2) is 56.0 Å². The first-order valence-electron chi connectivity index (χ1n) is 9.05. The highest BCUT2D eigenvalue weighted by molar-refractivity contribution is 5.68. The summed E-state index contributed by atoms with van der Waals surface area (Å²) in [4.78, 5) is 14.2. The van der Waals surface area contributed by atoms with Crippen molar-refractivity contribution in [3.05, 3.63) is 18.2 Å². The zero-order valence-electron chi connectivity index (χ0n) is 16.2. The molecule has 1 saturated heterocycles. The summed E-state index contributed by atoms with van der Waals surface area (Å²) in [5.41, 5.74) is 5.92. The van der Waals surface area contributed by atoms with Crippen molar-refractivity contribution in [3.8, 4) is 11.5 Å². The van der Waals surface area contributed by atoms with E-state index in [0.29, 0.717) is 23.8 Å². The molecular weight excluding hydrogens is 334 g/mol. The molecule has 7 heteroatoms. The Kier molecular flexibility index (Phi) is 6.97. The zero-order valence-corrected chi connectivity index (χ0v) is 16.2. The number of nitrogens with two attached hydrogens (primary N) is 1. The van der Waals surface area contributed by atoms with E-state index in [1.165, 1.54) is 0 Å². The van der Waals surface area contributed by atoms with Gasteiger partial charge in [-0.1, -0.05) is 0 Å². The van der Waals surface area contributed by atoms with E-state index in [2.05, 4.69) is 10.2 Å². The highest BCUT2D eigenvalue weighted by Gasteiger charge is 2.25. The molecule has 146 valence electrons. The van der Waals surface area contributed by atoms with E-state index in [1.54, 1.807) is 19.2 Å². The number of alkyl carbamates (subject to hydrolysis) is 1. The van der Waals surface area contributed by atoms with Crippen molar-refractivity contribution in [2.75, 3.05) is 39.1 Å². The van der Waals surface area contributed by atoms with Gasteiger partial charge in [-0.2, -0.15) is 0 Å². The number of nitrogens with zero attached hydrogens (tertiary/aromatic N) is 1. The van der Waals surface area contributed by atoms with Gasteiger partial charge in [-0.3, -0.25) is 0 Å². The van der Waals surface area contributed by atoms with E-state index >= 15 is 0 Å². The minimum atomic E-state index is -0.469. The van der Waals surface area contributed by atoms with Crippen molar-refractivity contribution < 1.29 is 19.0 Å². The standard InChI is InChI=1S/C19H31N3O4/c1-19(2,3)26-18(23)21-15-8-10-22(13-15)9-5-11-25-16-7-6-14(20)12-17(16)24-4/h6-7,12,15H,5,8-11,13,20H2,1-4H3,(H,21,23)/t15-/m1/s1. The minimum Gasteiger partial charge on any atom is -0.493 e. The molecule has 26 heavy (non-hydrogen) atoms. The molecule has 1 aromatic carbocycles. The Hall–Kier alpha value is -2.15. The van der Waals surface area contributed by atoms with Gasteiger partial charge in [-0.05, 0) is 45.7 Å². The first-order chi connectivity index (χ1) is 12.3. The molecule has 1 fully saturated rings. The highest BCUT2D eigenvalue weighted by atomic mass is 16.6. The van der Waals surface area contributed by atoms with Crippen LogP contribution in [0.2, 0.25) is 0 Å². The summed E-state index contributed by atoms with van der Waals surface area (Å²) in [5.74, 6) is 1.35. The van der Waals surface area contributed by atoms with Crippen LogP contribution in [0.15, 0.2) is 18.2 Å². The van der Waals surface area contributed by atoms with Crippen LogP contribution in [0, 0.1) is 0 Å². The van der Waals surface area contributed by atoms with Crippen LogP contribution < -0.4 is 20.5 Å². The number of methoxy groups -OCH3 is 1. The third kappa shape index (κ3) is 6.63. The Bertz CT molecular complexity index is 601. The van der Waals surface area contributed by atoms with Gasteiger partial charge in [0.15, 0.2) is 11.5 Å². The van der Waals surface area contributed by atoms with Gasteiger partial charge in [0.25, 0.3) is 0 Å². The smallest absolute Gasteiger partial charge is 0.407 e. The average molecular weight is 365 g/mol. The van der Waals surface area contributed by atoms with Gasteiger partial charge < -0.3 is 30.2 Å².